The van der Waals surface area contributed by atoms with E-state index in [0.717, 1.165) is 6.42 Å². The van der Waals surface area contributed by atoms with Crippen LogP contribution in [0.1, 0.15) is 13.3 Å². The molecule has 0 rings (SSSR count). The van der Waals surface area contributed by atoms with Crippen molar-refractivity contribution in [3.8, 4) is 0 Å². The van der Waals surface area contributed by atoms with Gasteiger partial charge in [0.2, 0.25) is 6.41 Å². The highest BCUT2D eigenvalue weighted by atomic mass is 16.1. The largest absolute Gasteiger partial charge is 0.355 e. The summed E-state index contributed by atoms with van der Waals surface area (Å²) in [6.45, 7) is 2.61. The zero-order valence-electron chi connectivity index (χ0n) is 6.71. The van der Waals surface area contributed by atoms with Crippen LogP contribution in [-0.4, -0.2) is 13.0 Å². The van der Waals surface area contributed by atoms with E-state index >= 15 is 0 Å². The van der Waals surface area contributed by atoms with Crippen molar-refractivity contribution >= 4 is 6.41 Å². The van der Waals surface area contributed by atoms with Crippen LogP contribution in [0, 0.1) is 0 Å². The lowest BCUT2D eigenvalue weighted by Crippen LogP contribution is -2.08. The number of rotatable bonds is 5. The summed E-state index contributed by atoms with van der Waals surface area (Å²) >= 11 is 0. The van der Waals surface area contributed by atoms with E-state index in [0.29, 0.717) is 13.0 Å². The third-order valence-electron chi connectivity index (χ3n) is 0.985. The maximum Gasteiger partial charge on any atom is 0.207 e. The molecule has 0 spiro atoms. The Kier molecular flexibility index (Phi) is 7.72. The van der Waals surface area contributed by atoms with Gasteiger partial charge in [0.1, 0.15) is 0 Å². The first-order valence-electron chi connectivity index (χ1n) is 3.65. The van der Waals surface area contributed by atoms with Crippen LogP contribution in [0.2, 0.25) is 0 Å². The van der Waals surface area contributed by atoms with Crippen LogP contribution in [-0.2, 0) is 4.79 Å². The van der Waals surface area contributed by atoms with E-state index in [1.807, 2.05) is 18.2 Å². The normalized spacial score (nSPS) is 8.82. The Morgan fingerprint density at radius 3 is 3.00 bits per heavy atom. The molecular formula is C9H13NO. The molecule has 0 saturated heterocycles. The van der Waals surface area contributed by atoms with Crippen LogP contribution >= 0.6 is 0 Å². The number of hydrogen-bond donors (Lipinski definition) is 1. The third-order valence-corrected chi connectivity index (χ3v) is 0.985. The Bertz CT molecular complexity index is 176. The van der Waals surface area contributed by atoms with E-state index in [-0.39, 0.29) is 0 Å². The first kappa shape index (κ1) is 9.73. The summed E-state index contributed by atoms with van der Waals surface area (Å²) in [5.41, 5.74) is 2.90. The summed E-state index contributed by atoms with van der Waals surface area (Å²) in [5, 5.41) is 2.50. The fraction of sp³-hybridized carbons (Fsp3) is 0.333. The minimum Gasteiger partial charge on any atom is -0.355 e. The first-order chi connectivity index (χ1) is 5.41. The second-order valence-electron chi connectivity index (χ2n) is 1.90. The van der Waals surface area contributed by atoms with Crippen molar-refractivity contribution in [1.29, 1.82) is 0 Å². The van der Waals surface area contributed by atoms with Crippen molar-refractivity contribution in [3.05, 3.63) is 30.0 Å². The lowest BCUT2D eigenvalue weighted by molar-refractivity contribution is -0.109. The van der Waals surface area contributed by atoms with E-state index in [1.54, 1.807) is 6.08 Å². The highest BCUT2D eigenvalue weighted by Gasteiger charge is 1.67. The molecular weight excluding hydrogens is 138 g/mol. The maximum absolute atomic E-state index is 9.76. The van der Waals surface area contributed by atoms with Crippen LogP contribution in [0.15, 0.2) is 30.0 Å². The molecule has 0 aromatic heterocycles. The molecule has 0 aliphatic rings. The van der Waals surface area contributed by atoms with E-state index < -0.39 is 0 Å². The monoisotopic (exact) mass is 151 g/mol. The molecule has 0 fully saturated rings. The first-order valence-corrected chi connectivity index (χ1v) is 3.65. The van der Waals surface area contributed by atoms with Gasteiger partial charge in [-0.3, -0.25) is 4.79 Å². The molecule has 1 amide bonds. The number of carbonyl (C=O) groups excluding carboxylic acids is 1. The molecule has 0 atom stereocenters. The molecule has 11 heavy (non-hydrogen) atoms. The van der Waals surface area contributed by atoms with Crippen LogP contribution in [0.3, 0.4) is 0 Å². The SMILES string of the molecule is CC/C=C\C=C=CCNC=O. The molecule has 2 heteroatoms. The molecule has 0 aromatic carbocycles. The molecule has 0 saturated carbocycles. The minimum absolute atomic E-state index is 0.542. The van der Waals surface area contributed by atoms with Crippen LogP contribution in [0.4, 0.5) is 0 Å². The smallest absolute Gasteiger partial charge is 0.207 e. The van der Waals surface area contributed by atoms with E-state index in [1.165, 1.54) is 0 Å². The van der Waals surface area contributed by atoms with E-state index in [2.05, 4.69) is 18.0 Å². The highest BCUT2D eigenvalue weighted by molar-refractivity contribution is 5.46. The number of carbonyl (C=O) groups is 1. The fourth-order valence-electron chi connectivity index (χ4n) is 0.494. The maximum atomic E-state index is 9.76. The van der Waals surface area contributed by atoms with Crippen molar-refractivity contribution in [3.63, 3.8) is 0 Å². The summed E-state index contributed by atoms with van der Waals surface area (Å²) in [7, 11) is 0. The molecule has 0 aromatic rings. The van der Waals surface area contributed by atoms with Gasteiger partial charge in [0, 0.05) is 6.54 Å². The predicted molar refractivity (Wildman–Crippen MR) is 46.2 cm³/mol. The van der Waals surface area contributed by atoms with Gasteiger partial charge in [0.25, 0.3) is 0 Å². The quantitative estimate of drug-likeness (QED) is 0.274. The van der Waals surface area contributed by atoms with Crippen LogP contribution in [0.25, 0.3) is 0 Å². The van der Waals surface area contributed by atoms with Gasteiger partial charge in [-0.25, -0.2) is 0 Å². The molecule has 2 nitrogen and oxygen atoms in total. The number of hydrogen-bond acceptors (Lipinski definition) is 1. The van der Waals surface area contributed by atoms with Crippen molar-refractivity contribution < 1.29 is 4.79 Å². The van der Waals surface area contributed by atoms with Crippen LogP contribution in [0.5, 0.6) is 0 Å². The molecule has 0 radical (unpaired) electrons. The summed E-state index contributed by atoms with van der Waals surface area (Å²) in [6.07, 6.45) is 9.24. The molecule has 0 heterocycles. The van der Waals surface area contributed by atoms with Crippen molar-refractivity contribution in [1.82, 2.24) is 5.32 Å². The Balaban J connectivity index is 3.46. The van der Waals surface area contributed by atoms with Gasteiger partial charge in [0.05, 0.1) is 0 Å². The lowest BCUT2D eigenvalue weighted by Gasteiger charge is -1.82. The second kappa shape index (κ2) is 8.73. The molecule has 0 aliphatic heterocycles. The molecule has 0 bridgehead atoms. The van der Waals surface area contributed by atoms with Crippen LogP contribution < -0.4 is 5.32 Å². The molecule has 0 unspecified atom stereocenters. The zero-order valence-corrected chi connectivity index (χ0v) is 6.71. The summed E-state index contributed by atoms with van der Waals surface area (Å²) in [4.78, 5) is 9.76. The van der Waals surface area contributed by atoms with Crippen molar-refractivity contribution in [2.75, 3.05) is 6.54 Å². The Morgan fingerprint density at radius 2 is 2.36 bits per heavy atom. The second-order valence-corrected chi connectivity index (χ2v) is 1.90. The summed E-state index contributed by atoms with van der Waals surface area (Å²) in [6, 6.07) is 0. The summed E-state index contributed by atoms with van der Waals surface area (Å²) in [5.74, 6) is 0. The Labute approximate surface area is 67.3 Å². The minimum atomic E-state index is 0.542. The highest BCUT2D eigenvalue weighted by Crippen LogP contribution is 1.79. The average molecular weight is 151 g/mol. The zero-order chi connectivity index (χ0) is 8.36. The average Bonchev–Trinajstić information content (AvgIpc) is 2.03. The van der Waals surface area contributed by atoms with Crippen molar-refractivity contribution in [2.45, 2.75) is 13.3 Å². The lowest BCUT2D eigenvalue weighted by atomic mass is 10.4. The van der Waals surface area contributed by atoms with E-state index in [4.69, 9.17) is 0 Å². The fourth-order valence-corrected chi connectivity index (χ4v) is 0.494. The van der Waals surface area contributed by atoms with Gasteiger partial charge in [-0.1, -0.05) is 19.1 Å². The Morgan fingerprint density at radius 1 is 1.55 bits per heavy atom. The molecule has 1 N–H and O–H groups in total. The predicted octanol–water partition coefficient (Wildman–Crippen LogP) is 1.41. The number of allylic oxidation sites excluding steroid dienone is 2. The van der Waals surface area contributed by atoms with Gasteiger partial charge in [0.15, 0.2) is 0 Å². The Hall–Kier alpha value is -1.27. The number of nitrogens with one attached hydrogen (secondary N) is 1. The van der Waals surface area contributed by atoms with Gasteiger partial charge >= 0.3 is 0 Å². The summed E-state index contributed by atoms with van der Waals surface area (Å²) < 4.78 is 0. The standard InChI is InChI=1S/C9H13NO/c1-2-3-4-5-6-7-8-10-9-11/h3-5,7,9H,2,8H2,1H3,(H,10,11)/b4-3-. The number of amides is 1. The van der Waals surface area contributed by atoms with Gasteiger partial charge in [-0.15, -0.1) is 5.73 Å². The van der Waals surface area contributed by atoms with E-state index in [9.17, 15) is 4.79 Å². The van der Waals surface area contributed by atoms with Crippen molar-refractivity contribution in [2.24, 2.45) is 0 Å². The third kappa shape index (κ3) is 8.73. The molecule has 60 valence electrons. The van der Waals surface area contributed by atoms with Gasteiger partial charge in [-0.05, 0) is 18.6 Å². The topological polar surface area (TPSA) is 29.1 Å². The molecule has 0 aliphatic carbocycles. The van der Waals surface area contributed by atoms with Gasteiger partial charge in [-0.2, -0.15) is 0 Å². The van der Waals surface area contributed by atoms with Gasteiger partial charge < -0.3 is 5.32 Å².